The predicted molar refractivity (Wildman–Crippen MR) is 97.0 cm³/mol. The summed E-state index contributed by atoms with van der Waals surface area (Å²) >= 11 is 0. The van der Waals surface area contributed by atoms with Gasteiger partial charge in [0, 0.05) is 18.0 Å². The van der Waals surface area contributed by atoms with Gasteiger partial charge >= 0.3 is 6.18 Å². The largest absolute Gasteiger partial charge is 0.494 e. The molecule has 8 nitrogen and oxygen atoms in total. The zero-order valence-corrected chi connectivity index (χ0v) is 14.8. The first-order valence-electron chi connectivity index (χ1n) is 7.83. The van der Waals surface area contributed by atoms with E-state index in [2.05, 4.69) is 10.6 Å². The highest BCUT2D eigenvalue weighted by atomic mass is 19.4. The van der Waals surface area contributed by atoms with Gasteiger partial charge in [-0.1, -0.05) is 6.07 Å². The van der Waals surface area contributed by atoms with Gasteiger partial charge in [-0.15, -0.1) is 0 Å². The summed E-state index contributed by atoms with van der Waals surface area (Å²) in [6.45, 7) is 0. The molecule has 150 valence electrons. The molecular weight excluding hydrogens is 393 g/mol. The van der Waals surface area contributed by atoms with Crippen LogP contribution in [-0.2, 0) is 11.0 Å². The number of carbonyl (C=O) groups excluding carboxylic acids is 1. The number of nitro groups is 1. The molecule has 0 bridgehead atoms. The lowest BCUT2D eigenvalue weighted by Crippen LogP contribution is -2.15. The van der Waals surface area contributed by atoms with Crippen LogP contribution in [0.3, 0.4) is 0 Å². The van der Waals surface area contributed by atoms with Crippen LogP contribution in [0.1, 0.15) is 5.56 Å². The molecule has 0 heterocycles. The second-order valence-electron chi connectivity index (χ2n) is 5.49. The number of hydrogen-bond donors (Lipinski definition) is 2. The van der Waals surface area contributed by atoms with Gasteiger partial charge in [0.25, 0.3) is 11.6 Å². The highest BCUT2D eigenvalue weighted by molar-refractivity contribution is 6.06. The normalized spacial score (nSPS) is 11.3. The van der Waals surface area contributed by atoms with Crippen LogP contribution in [0.5, 0.6) is 5.75 Å². The van der Waals surface area contributed by atoms with Crippen LogP contribution >= 0.6 is 0 Å². The first-order chi connectivity index (χ1) is 13.7. The van der Waals surface area contributed by atoms with E-state index in [-0.39, 0.29) is 22.8 Å². The molecule has 2 rings (SSSR count). The number of amides is 1. The van der Waals surface area contributed by atoms with Crippen molar-refractivity contribution in [1.29, 1.82) is 5.26 Å². The van der Waals surface area contributed by atoms with Crippen LogP contribution in [0.25, 0.3) is 0 Å². The summed E-state index contributed by atoms with van der Waals surface area (Å²) in [6.07, 6.45) is -3.57. The third-order valence-corrected chi connectivity index (χ3v) is 3.58. The molecule has 0 aliphatic heterocycles. The van der Waals surface area contributed by atoms with Crippen LogP contribution in [0, 0.1) is 21.4 Å². The Balaban J connectivity index is 2.19. The van der Waals surface area contributed by atoms with Gasteiger partial charge < -0.3 is 15.4 Å². The minimum Gasteiger partial charge on any atom is -0.494 e. The Morgan fingerprint density at radius 1 is 1.28 bits per heavy atom. The molecule has 11 heteroatoms. The van der Waals surface area contributed by atoms with Gasteiger partial charge in [0.05, 0.1) is 29.4 Å². The lowest BCUT2D eigenvalue weighted by molar-refractivity contribution is -0.384. The quantitative estimate of drug-likeness (QED) is 0.323. The molecule has 2 N–H and O–H groups in total. The zero-order valence-electron chi connectivity index (χ0n) is 14.8. The van der Waals surface area contributed by atoms with Gasteiger partial charge in [-0.2, -0.15) is 18.4 Å². The van der Waals surface area contributed by atoms with E-state index in [0.29, 0.717) is 0 Å². The van der Waals surface area contributed by atoms with E-state index in [1.54, 1.807) is 6.07 Å². The molecule has 1 amide bonds. The molecular formula is C18H13F3N4O4. The number of nitriles is 1. The number of alkyl halides is 3. The fourth-order valence-corrected chi connectivity index (χ4v) is 2.18. The Labute approximate surface area is 162 Å². The minimum absolute atomic E-state index is 0.0889. The van der Waals surface area contributed by atoms with Crippen LogP contribution in [-0.4, -0.2) is 17.9 Å². The number of hydrogen-bond acceptors (Lipinski definition) is 6. The molecule has 0 aliphatic rings. The lowest BCUT2D eigenvalue weighted by Gasteiger charge is -2.10. The van der Waals surface area contributed by atoms with Crippen molar-refractivity contribution in [2.45, 2.75) is 6.18 Å². The average molecular weight is 406 g/mol. The first kappa shape index (κ1) is 21.2. The number of nitrogens with zero attached hydrogens (tertiary/aromatic N) is 2. The summed E-state index contributed by atoms with van der Waals surface area (Å²) in [5.41, 5.74) is -1.52. The molecule has 2 aromatic carbocycles. The molecule has 0 radical (unpaired) electrons. The van der Waals surface area contributed by atoms with E-state index in [1.807, 2.05) is 0 Å². The Kier molecular flexibility index (Phi) is 6.40. The molecule has 0 aliphatic carbocycles. The number of halogens is 3. The second-order valence-corrected chi connectivity index (χ2v) is 5.49. The summed E-state index contributed by atoms with van der Waals surface area (Å²) in [4.78, 5) is 22.4. The number of nitrogens with one attached hydrogen (secondary N) is 2. The van der Waals surface area contributed by atoms with Gasteiger partial charge in [-0.25, -0.2) is 0 Å². The first-order valence-corrected chi connectivity index (χ1v) is 7.83. The number of rotatable bonds is 6. The number of anilines is 2. The lowest BCUT2D eigenvalue weighted by atomic mass is 10.2. The predicted octanol–water partition coefficient (Wildman–Crippen LogP) is 4.08. The summed E-state index contributed by atoms with van der Waals surface area (Å²) < 4.78 is 43.3. The average Bonchev–Trinajstić information content (AvgIpc) is 2.67. The maximum Gasteiger partial charge on any atom is 0.416 e. The van der Waals surface area contributed by atoms with Crippen LogP contribution in [0.4, 0.5) is 30.2 Å². The van der Waals surface area contributed by atoms with Crippen molar-refractivity contribution in [2.24, 2.45) is 0 Å². The molecule has 0 fully saturated rings. The van der Waals surface area contributed by atoms with E-state index in [9.17, 15) is 28.1 Å². The maximum atomic E-state index is 12.7. The van der Waals surface area contributed by atoms with E-state index in [0.717, 1.165) is 30.5 Å². The van der Waals surface area contributed by atoms with Gasteiger partial charge in [0.1, 0.15) is 17.4 Å². The SMILES string of the molecule is COc1cc([N+](=O)[O-])ccc1N/C=C(/C#N)C(=O)Nc1cccc(C(F)(F)F)c1. The van der Waals surface area contributed by atoms with Crippen molar-refractivity contribution in [3.63, 3.8) is 0 Å². The number of non-ortho nitro benzene ring substituents is 1. The van der Waals surface area contributed by atoms with Crippen molar-refractivity contribution in [3.05, 3.63) is 69.9 Å². The number of methoxy groups -OCH3 is 1. The Hall–Kier alpha value is -4.07. The molecule has 0 aromatic heterocycles. The third-order valence-electron chi connectivity index (χ3n) is 3.58. The van der Waals surface area contributed by atoms with E-state index in [1.165, 1.54) is 25.3 Å². The van der Waals surface area contributed by atoms with Crippen LogP contribution in [0.2, 0.25) is 0 Å². The van der Waals surface area contributed by atoms with Crippen molar-refractivity contribution in [2.75, 3.05) is 17.7 Å². The standard InChI is InChI=1S/C18H13F3N4O4/c1-29-16-8-14(25(27)28)5-6-15(16)23-10-11(9-22)17(26)24-13-4-2-3-12(7-13)18(19,20)21/h2-8,10,23H,1H3,(H,24,26)/b11-10-. The van der Waals surface area contributed by atoms with Crippen molar-refractivity contribution in [3.8, 4) is 11.8 Å². The molecule has 2 aromatic rings. The second kappa shape index (κ2) is 8.75. The number of carbonyl (C=O) groups is 1. The van der Waals surface area contributed by atoms with Gasteiger partial charge in [-0.3, -0.25) is 14.9 Å². The van der Waals surface area contributed by atoms with E-state index in [4.69, 9.17) is 10.00 Å². The summed E-state index contributed by atoms with van der Waals surface area (Å²) in [5.74, 6) is -0.855. The number of ether oxygens (including phenoxy) is 1. The Morgan fingerprint density at radius 3 is 2.59 bits per heavy atom. The monoisotopic (exact) mass is 406 g/mol. The molecule has 0 unspecified atom stereocenters. The van der Waals surface area contributed by atoms with E-state index >= 15 is 0 Å². The molecule has 0 atom stereocenters. The van der Waals surface area contributed by atoms with Crippen molar-refractivity contribution in [1.82, 2.24) is 0 Å². The van der Waals surface area contributed by atoms with Crippen molar-refractivity contribution >= 4 is 23.0 Å². The van der Waals surface area contributed by atoms with Crippen LogP contribution < -0.4 is 15.4 Å². The molecule has 29 heavy (non-hydrogen) atoms. The van der Waals surface area contributed by atoms with Gasteiger partial charge in [-0.05, 0) is 24.3 Å². The van der Waals surface area contributed by atoms with Crippen molar-refractivity contribution < 1.29 is 27.6 Å². The highest BCUT2D eigenvalue weighted by Gasteiger charge is 2.30. The van der Waals surface area contributed by atoms with Crippen LogP contribution in [0.15, 0.2) is 54.2 Å². The van der Waals surface area contributed by atoms with Gasteiger partial charge in [0.2, 0.25) is 0 Å². The minimum atomic E-state index is -4.58. The third kappa shape index (κ3) is 5.46. The fourth-order valence-electron chi connectivity index (χ4n) is 2.18. The summed E-state index contributed by atoms with van der Waals surface area (Å²) in [6, 6.07) is 9.21. The Bertz CT molecular complexity index is 1010. The highest BCUT2D eigenvalue weighted by Crippen LogP contribution is 2.31. The molecule has 0 spiro atoms. The number of benzene rings is 2. The Morgan fingerprint density at radius 2 is 2.00 bits per heavy atom. The smallest absolute Gasteiger partial charge is 0.416 e. The summed E-state index contributed by atoms with van der Waals surface area (Å²) in [5, 5.41) is 24.8. The zero-order chi connectivity index (χ0) is 21.6. The van der Waals surface area contributed by atoms with E-state index < -0.39 is 28.1 Å². The molecule has 0 saturated carbocycles. The topological polar surface area (TPSA) is 117 Å². The maximum absolute atomic E-state index is 12.7. The number of nitro benzene ring substituents is 1. The summed E-state index contributed by atoms with van der Waals surface area (Å²) in [7, 11) is 1.28. The fraction of sp³-hybridized carbons (Fsp3) is 0.111. The molecule has 0 saturated heterocycles. The van der Waals surface area contributed by atoms with Gasteiger partial charge in [0.15, 0.2) is 0 Å².